The third kappa shape index (κ3) is 2.51. The van der Waals surface area contributed by atoms with E-state index in [0.29, 0.717) is 0 Å². The maximum atomic E-state index is 2.42. The van der Waals surface area contributed by atoms with Gasteiger partial charge in [0.2, 0.25) is 0 Å². The first-order valence-electron chi connectivity index (χ1n) is 13.1. The second-order valence-electron chi connectivity index (χ2n) is 10.2. The van der Waals surface area contributed by atoms with Crippen LogP contribution in [0.1, 0.15) is 0 Å². The Bertz CT molecular complexity index is 2320. The second kappa shape index (κ2) is 7.24. The van der Waals surface area contributed by atoms with Crippen LogP contribution >= 0.6 is 0 Å². The first-order chi connectivity index (χ1) is 18.9. The fourth-order valence-electron chi connectivity index (χ4n) is 6.66. The molecule has 176 valence electrons. The van der Waals surface area contributed by atoms with E-state index < -0.39 is 0 Å². The molecule has 2 aromatic heterocycles. The van der Waals surface area contributed by atoms with Gasteiger partial charge in [-0.05, 0) is 63.3 Å². The van der Waals surface area contributed by atoms with Crippen molar-refractivity contribution in [1.82, 2.24) is 9.13 Å². The number of nitrogens with zero attached hydrogens (tertiary/aromatic N) is 2. The molecule has 0 amide bonds. The molecule has 9 aromatic rings. The number of aromatic nitrogens is 2. The van der Waals surface area contributed by atoms with Gasteiger partial charge in [-0.15, -0.1) is 0 Å². The average molecular weight is 483 g/mol. The van der Waals surface area contributed by atoms with Crippen molar-refractivity contribution in [3.05, 3.63) is 134 Å². The van der Waals surface area contributed by atoms with E-state index in [-0.39, 0.29) is 0 Å². The molecule has 0 N–H and O–H groups in total. The molecule has 0 spiro atoms. The van der Waals surface area contributed by atoms with Gasteiger partial charge in [-0.1, -0.05) is 91.0 Å². The lowest BCUT2D eigenvalue weighted by atomic mass is 9.93. The molecule has 0 fully saturated rings. The average Bonchev–Trinajstić information content (AvgIpc) is 3.56. The quantitative estimate of drug-likeness (QED) is 0.217. The van der Waals surface area contributed by atoms with Crippen LogP contribution in [-0.4, -0.2) is 9.13 Å². The molecule has 0 aliphatic rings. The first kappa shape index (κ1) is 20.0. The van der Waals surface area contributed by atoms with Crippen LogP contribution in [-0.2, 0) is 0 Å². The molecule has 2 heteroatoms. The number of benzene rings is 7. The second-order valence-corrected chi connectivity index (χ2v) is 10.2. The van der Waals surface area contributed by atoms with Gasteiger partial charge in [-0.3, -0.25) is 0 Å². The predicted molar refractivity (Wildman–Crippen MR) is 161 cm³/mol. The van der Waals surface area contributed by atoms with E-state index in [1.54, 1.807) is 0 Å². The maximum absolute atomic E-state index is 2.42. The fraction of sp³-hybridized carbons (Fsp3) is 0. The number of hydrogen-bond acceptors (Lipinski definition) is 0. The molecule has 2 nitrogen and oxygen atoms in total. The van der Waals surface area contributed by atoms with Crippen molar-refractivity contribution in [1.29, 1.82) is 0 Å². The molecule has 38 heavy (non-hydrogen) atoms. The highest BCUT2D eigenvalue weighted by molar-refractivity contribution is 6.25. The smallest absolute Gasteiger partial charge is 0.0635 e. The summed E-state index contributed by atoms with van der Waals surface area (Å²) in [6, 6.07) is 46.5. The van der Waals surface area contributed by atoms with Gasteiger partial charge in [-0.2, -0.15) is 0 Å². The van der Waals surface area contributed by atoms with Gasteiger partial charge < -0.3 is 9.13 Å². The van der Waals surface area contributed by atoms with Gasteiger partial charge in [0.15, 0.2) is 0 Å². The molecular weight excluding hydrogens is 460 g/mol. The van der Waals surface area contributed by atoms with E-state index in [4.69, 9.17) is 0 Å². The van der Waals surface area contributed by atoms with Gasteiger partial charge >= 0.3 is 0 Å². The Balaban J connectivity index is 1.40. The van der Waals surface area contributed by atoms with Crippen molar-refractivity contribution in [2.75, 3.05) is 0 Å². The zero-order chi connectivity index (χ0) is 24.8. The third-order valence-electron chi connectivity index (χ3n) is 8.28. The highest BCUT2D eigenvalue weighted by Gasteiger charge is 2.18. The van der Waals surface area contributed by atoms with Crippen molar-refractivity contribution in [3.8, 4) is 11.4 Å². The molecule has 0 radical (unpaired) electrons. The molecule has 0 bridgehead atoms. The normalized spacial score (nSPS) is 12.2. The van der Waals surface area contributed by atoms with Crippen LogP contribution in [0, 0.1) is 0 Å². The molecule has 9 rings (SSSR count). The van der Waals surface area contributed by atoms with Crippen LogP contribution in [0.25, 0.3) is 76.4 Å². The third-order valence-corrected chi connectivity index (χ3v) is 8.28. The Morgan fingerprint density at radius 1 is 0.395 bits per heavy atom. The van der Waals surface area contributed by atoms with Crippen LogP contribution in [0.3, 0.4) is 0 Å². The molecule has 0 aliphatic heterocycles. The van der Waals surface area contributed by atoms with Crippen molar-refractivity contribution in [2.45, 2.75) is 0 Å². The number of fused-ring (bicyclic) bond motifs is 5. The Morgan fingerprint density at radius 3 is 1.97 bits per heavy atom. The van der Waals surface area contributed by atoms with E-state index in [2.05, 4.69) is 143 Å². The Labute approximate surface area is 218 Å². The number of para-hydroxylation sites is 2. The van der Waals surface area contributed by atoms with Gasteiger partial charge in [0.25, 0.3) is 0 Å². The predicted octanol–water partition coefficient (Wildman–Crippen LogP) is 9.62. The SMILES string of the molecule is c1ccc(-n2c3ccccc3c3ccc4c(ccn4-c4ccc5ccc6cccc7ccc4c5c67)c32)cc1. The Kier molecular flexibility index (Phi) is 3.82. The van der Waals surface area contributed by atoms with Crippen molar-refractivity contribution in [3.63, 3.8) is 0 Å². The van der Waals surface area contributed by atoms with E-state index in [1.165, 1.54) is 76.4 Å². The summed E-state index contributed by atoms with van der Waals surface area (Å²) in [7, 11) is 0. The maximum Gasteiger partial charge on any atom is 0.0635 e. The topological polar surface area (TPSA) is 9.86 Å². The summed E-state index contributed by atoms with van der Waals surface area (Å²) in [5.41, 5.74) is 6.10. The standard InChI is InChI=1S/C36H22N2/c1-2-9-26(10-3-1)38-33-12-5-4-11-27(33)28-18-20-32-30(36(28)38)21-22-37(32)31-19-16-25-14-13-23-7-6-8-24-15-17-29(31)35(25)34(23)24/h1-22H. The molecular formula is C36H22N2. The minimum Gasteiger partial charge on any atom is -0.316 e. The number of hydrogen-bond donors (Lipinski definition) is 0. The molecule has 0 atom stereocenters. The molecule has 0 saturated carbocycles. The van der Waals surface area contributed by atoms with Crippen molar-refractivity contribution in [2.24, 2.45) is 0 Å². The summed E-state index contributed by atoms with van der Waals surface area (Å²) in [6.45, 7) is 0. The highest BCUT2D eigenvalue weighted by atomic mass is 15.0. The summed E-state index contributed by atoms with van der Waals surface area (Å²) >= 11 is 0. The minimum atomic E-state index is 1.18. The van der Waals surface area contributed by atoms with E-state index in [0.717, 1.165) is 0 Å². The van der Waals surface area contributed by atoms with Crippen LogP contribution in [0.15, 0.2) is 134 Å². The van der Waals surface area contributed by atoms with Crippen molar-refractivity contribution < 1.29 is 0 Å². The Morgan fingerprint density at radius 2 is 1.11 bits per heavy atom. The summed E-state index contributed by atoms with van der Waals surface area (Å²) in [6.07, 6.45) is 2.24. The van der Waals surface area contributed by atoms with Gasteiger partial charge in [-0.25, -0.2) is 0 Å². The lowest BCUT2D eigenvalue weighted by Gasteiger charge is -2.15. The first-order valence-corrected chi connectivity index (χ1v) is 13.1. The van der Waals surface area contributed by atoms with Gasteiger partial charge in [0, 0.05) is 33.4 Å². The molecule has 0 aliphatic carbocycles. The minimum absolute atomic E-state index is 1.18. The summed E-state index contributed by atoms with van der Waals surface area (Å²) < 4.78 is 4.79. The highest BCUT2D eigenvalue weighted by Crippen LogP contribution is 2.40. The van der Waals surface area contributed by atoms with E-state index in [1.807, 2.05) is 0 Å². The molecule has 0 unspecified atom stereocenters. The van der Waals surface area contributed by atoms with E-state index >= 15 is 0 Å². The summed E-state index contributed by atoms with van der Waals surface area (Å²) in [4.78, 5) is 0. The summed E-state index contributed by atoms with van der Waals surface area (Å²) in [5, 5.41) is 11.7. The number of rotatable bonds is 2. The molecule has 0 saturated heterocycles. The molecule has 2 heterocycles. The van der Waals surface area contributed by atoms with Crippen LogP contribution in [0.4, 0.5) is 0 Å². The Hall–Kier alpha value is -5.08. The van der Waals surface area contributed by atoms with Crippen LogP contribution in [0.2, 0.25) is 0 Å². The van der Waals surface area contributed by atoms with E-state index in [9.17, 15) is 0 Å². The van der Waals surface area contributed by atoms with Gasteiger partial charge in [0.05, 0.1) is 22.2 Å². The monoisotopic (exact) mass is 482 g/mol. The zero-order valence-corrected chi connectivity index (χ0v) is 20.6. The van der Waals surface area contributed by atoms with Crippen LogP contribution < -0.4 is 0 Å². The fourth-order valence-corrected chi connectivity index (χ4v) is 6.66. The lowest BCUT2D eigenvalue weighted by Crippen LogP contribution is -1.96. The largest absolute Gasteiger partial charge is 0.316 e. The lowest BCUT2D eigenvalue weighted by molar-refractivity contribution is 1.14. The molecule has 7 aromatic carbocycles. The zero-order valence-electron chi connectivity index (χ0n) is 20.6. The van der Waals surface area contributed by atoms with Crippen molar-refractivity contribution >= 4 is 65.0 Å². The summed E-state index contributed by atoms with van der Waals surface area (Å²) in [5.74, 6) is 0. The van der Waals surface area contributed by atoms with Crippen LogP contribution in [0.5, 0.6) is 0 Å². The van der Waals surface area contributed by atoms with Gasteiger partial charge in [0.1, 0.15) is 0 Å².